The van der Waals surface area contributed by atoms with Crippen molar-refractivity contribution in [3.8, 4) is 5.75 Å². The molecule has 0 saturated carbocycles. The quantitative estimate of drug-likeness (QED) is 0.628. The van der Waals surface area contributed by atoms with Crippen LogP contribution >= 0.6 is 0 Å². The average molecular weight is 280 g/mol. The molecule has 0 atom stereocenters. The highest BCUT2D eigenvalue weighted by atomic mass is 16.5. The maximum absolute atomic E-state index is 5.74. The first-order valence-corrected chi connectivity index (χ1v) is 7.30. The van der Waals surface area contributed by atoms with Crippen LogP contribution in [0.3, 0.4) is 0 Å². The number of likely N-dealkylation sites (N-methyl/N-ethyl adjacent to an activating group) is 1. The highest BCUT2D eigenvalue weighted by molar-refractivity contribution is 5.27. The molecule has 0 amide bonds. The third-order valence-corrected chi connectivity index (χ3v) is 3.10. The van der Waals surface area contributed by atoms with Gasteiger partial charge in [-0.3, -0.25) is 0 Å². The largest absolute Gasteiger partial charge is 0.494 e. The Labute approximate surface area is 123 Å². The van der Waals surface area contributed by atoms with E-state index in [0.29, 0.717) is 0 Å². The van der Waals surface area contributed by atoms with Crippen LogP contribution in [0.25, 0.3) is 0 Å². The van der Waals surface area contributed by atoms with Crippen molar-refractivity contribution < 1.29 is 9.47 Å². The van der Waals surface area contributed by atoms with Crippen LogP contribution in [-0.2, 0) is 4.74 Å². The predicted molar refractivity (Wildman–Crippen MR) is 83.5 cm³/mol. The molecular weight excluding hydrogens is 252 g/mol. The number of benzene rings is 1. The van der Waals surface area contributed by atoms with E-state index in [1.165, 1.54) is 5.56 Å². The number of ether oxygens (including phenoxy) is 2. The van der Waals surface area contributed by atoms with Crippen molar-refractivity contribution in [3.63, 3.8) is 0 Å². The number of methoxy groups -OCH3 is 1. The zero-order valence-electron chi connectivity index (χ0n) is 13.0. The topological polar surface area (TPSA) is 33.7 Å². The minimum absolute atomic E-state index is 0.769. The van der Waals surface area contributed by atoms with Crippen molar-refractivity contribution in [1.29, 1.82) is 0 Å². The first kappa shape index (κ1) is 17.0. The molecule has 0 aliphatic carbocycles. The van der Waals surface area contributed by atoms with Crippen molar-refractivity contribution >= 4 is 0 Å². The summed E-state index contributed by atoms with van der Waals surface area (Å²) in [6, 6.07) is 8.19. The molecular formula is C16H28N2O2. The summed E-state index contributed by atoms with van der Waals surface area (Å²) in [6.07, 6.45) is 1.04. The van der Waals surface area contributed by atoms with Gasteiger partial charge in [-0.05, 0) is 38.1 Å². The van der Waals surface area contributed by atoms with Gasteiger partial charge in [-0.2, -0.15) is 0 Å². The van der Waals surface area contributed by atoms with E-state index in [2.05, 4.69) is 36.3 Å². The van der Waals surface area contributed by atoms with Gasteiger partial charge in [0.15, 0.2) is 0 Å². The molecule has 1 rings (SSSR count). The summed E-state index contributed by atoms with van der Waals surface area (Å²) in [5.74, 6) is 0.967. The van der Waals surface area contributed by atoms with Crippen LogP contribution in [0.5, 0.6) is 5.75 Å². The average Bonchev–Trinajstić information content (AvgIpc) is 2.43. The highest BCUT2D eigenvalue weighted by Gasteiger charge is 1.99. The van der Waals surface area contributed by atoms with Gasteiger partial charge in [0.05, 0.1) is 13.2 Å². The van der Waals surface area contributed by atoms with Crippen LogP contribution in [0.4, 0.5) is 0 Å². The first-order valence-electron chi connectivity index (χ1n) is 7.30. The summed E-state index contributed by atoms with van der Waals surface area (Å²) in [7, 11) is 3.87. The van der Waals surface area contributed by atoms with Crippen molar-refractivity contribution in [2.75, 3.05) is 53.6 Å². The summed E-state index contributed by atoms with van der Waals surface area (Å²) >= 11 is 0. The fraction of sp³-hybridized carbons (Fsp3) is 0.625. The SMILES string of the molecule is COCCNCCN(C)CCCOc1cccc(C)c1. The van der Waals surface area contributed by atoms with E-state index < -0.39 is 0 Å². The normalized spacial score (nSPS) is 11.0. The molecule has 0 heterocycles. The molecule has 0 fully saturated rings. The molecule has 4 nitrogen and oxygen atoms in total. The Morgan fingerprint density at radius 2 is 2.00 bits per heavy atom. The Balaban J connectivity index is 2.00. The molecule has 0 bridgehead atoms. The van der Waals surface area contributed by atoms with Crippen LogP contribution < -0.4 is 10.1 Å². The third kappa shape index (κ3) is 8.15. The number of rotatable bonds is 11. The lowest BCUT2D eigenvalue weighted by molar-refractivity contribution is 0.197. The summed E-state index contributed by atoms with van der Waals surface area (Å²) < 4.78 is 10.7. The Kier molecular flexibility index (Phi) is 9.04. The maximum Gasteiger partial charge on any atom is 0.119 e. The minimum atomic E-state index is 0.769. The number of nitrogens with zero attached hydrogens (tertiary/aromatic N) is 1. The van der Waals surface area contributed by atoms with Crippen LogP contribution in [0.15, 0.2) is 24.3 Å². The molecule has 20 heavy (non-hydrogen) atoms. The fourth-order valence-corrected chi connectivity index (χ4v) is 1.91. The van der Waals surface area contributed by atoms with E-state index in [-0.39, 0.29) is 0 Å². The lowest BCUT2D eigenvalue weighted by Gasteiger charge is -2.17. The van der Waals surface area contributed by atoms with Gasteiger partial charge >= 0.3 is 0 Å². The molecule has 1 aromatic carbocycles. The molecule has 4 heteroatoms. The summed E-state index contributed by atoms with van der Waals surface area (Å²) in [6.45, 7) is 7.64. The monoisotopic (exact) mass is 280 g/mol. The van der Waals surface area contributed by atoms with E-state index in [1.807, 2.05) is 12.1 Å². The standard InChI is InChI=1S/C16H28N2O2/c1-15-6-4-7-16(14-15)20-12-5-10-18(2)11-8-17-9-13-19-3/h4,6-7,14,17H,5,8-13H2,1-3H3. The van der Waals surface area contributed by atoms with Crippen molar-refractivity contribution in [2.45, 2.75) is 13.3 Å². The second-order valence-electron chi connectivity index (χ2n) is 5.06. The highest BCUT2D eigenvalue weighted by Crippen LogP contribution is 2.12. The molecule has 1 aromatic rings. The second-order valence-corrected chi connectivity index (χ2v) is 5.06. The van der Waals surface area contributed by atoms with E-state index in [4.69, 9.17) is 9.47 Å². The zero-order valence-corrected chi connectivity index (χ0v) is 13.0. The number of nitrogens with one attached hydrogen (secondary N) is 1. The number of hydrogen-bond acceptors (Lipinski definition) is 4. The molecule has 0 spiro atoms. The summed E-state index contributed by atoms with van der Waals surface area (Å²) in [4.78, 5) is 2.32. The van der Waals surface area contributed by atoms with Gasteiger partial charge in [0, 0.05) is 33.3 Å². The van der Waals surface area contributed by atoms with Crippen LogP contribution in [0.2, 0.25) is 0 Å². The van der Waals surface area contributed by atoms with Gasteiger partial charge in [0.2, 0.25) is 0 Å². The summed E-state index contributed by atoms with van der Waals surface area (Å²) in [5.41, 5.74) is 1.24. The smallest absolute Gasteiger partial charge is 0.119 e. The van der Waals surface area contributed by atoms with Crippen molar-refractivity contribution in [2.24, 2.45) is 0 Å². The lowest BCUT2D eigenvalue weighted by Crippen LogP contribution is -2.31. The van der Waals surface area contributed by atoms with E-state index in [9.17, 15) is 0 Å². The molecule has 0 saturated heterocycles. The number of hydrogen-bond donors (Lipinski definition) is 1. The van der Waals surface area contributed by atoms with Gasteiger partial charge in [-0.25, -0.2) is 0 Å². The van der Waals surface area contributed by atoms with Crippen LogP contribution in [-0.4, -0.2) is 58.5 Å². The van der Waals surface area contributed by atoms with Crippen molar-refractivity contribution in [1.82, 2.24) is 10.2 Å². The van der Waals surface area contributed by atoms with Gasteiger partial charge < -0.3 is 19.7 Å². The number of aryl methyl sites for hydroxylation is 1. The lowest BCUT2D eigenvalue weighted by atomic mass is 10.2. The Morgan fingerprint density at radius 1 is 1.15 bits per heavy atom. The van der Waals surface area contributed by atoms with Crippen molar-refractivity contribution in [3.05, 3.63) is 29.8 Å². The fourth-order valence-electron chi connectivity index (χ4n) is 1.91. The van der Waals surface area contributed by atoms with E-state index in [1.54, 1.807) is 7.11 Å². The first-order chi connectivity index (χ1) is 9.72. The molecule has 1 N–H and O–H groups in total. The molecule has 0 aromatic heterocycles. The molecule has 0 radical (unpaired) electrons. The Bertz CT molecular complexity index is 358. The molecule has 0 aliphatic rings. The third-order valence-electron chi connectivity index (χ3n) is 3.10. The molecule has 0 unspecified atom stereocenters. The Hall–Kier alpha value is -1.10. The van der Waals surface area contributed by atoms with Crippen LogP contribution in [0, 0.1) is 6.92 Å². The molecule has 0 aliphatic heterocycles. The maximum atomic E-state index is 5.74. The minimum Gasteiger partial charge on any atom is -0.494 e. The van der Waals surface area contributed by atoms with Gasteiger partial charge in [0.25, 0.3) is 0 Å². The second kappa shape index (κ2) is 10.7. The summed E-state index contributed by atoms with van der Waals surface area (Å²) in [5, 5.41) is 3.34. The zero-order chi connectivity index (χ0) is 14.6. The molecule has 114 valence electrons. The van der Waals surface area contributed by atoms with Gasteiger partial charge in [-0.1, -0.05) is 12.1 Å². The van der Waals surface area contributed by atoms with Crippen LogP contribution in [0.1, 0.15) is 12.0 Å². The van der Waals surface area contributed by atoms with Gasteiger partial charge in [0.1, 0.15) is 5.75 Å². The van der Waals surface area contributed by atoms with E-state index in [0.717, 1.165) is 51.6 Å². The Morgan fingerprint density at radius 3 is 2.75 bits per heavy atom. The predicted octanol–water partition coefficient (Wildman–Crippen LogP) is 1.93. The van der Waals surface area contributed by atoms with Gasteiger partial charge in [-0.15, -0.1) is 0 Å². The van der Waals surface area contributed by atoms with E-state index >= 15 is 0 Å².